The third-order valence-electron chi connectivity index (χ3n) is 4.36. The van der Waals surface area contributed by atoms with E-state index >= 15 is 0 Å². The van der Waals surface area contributed by atoms with Crippen LogP contribution in [0.5, 0.6) is 0 Å². The van der Waals surface area contributed by atoms with Crippen molar-refractivity contribution in [1.82, 2.24) is 19.4 Å². The number of amides is 1. The number of carbonyl (C=O) groups excluding carboxylic acids is 1. The first-order valence-corrected chi connectivity index (χ1v) is 7.75. The van der Waals surface area contributed by atoms with Crippen LogP contribution in [0.25, 0.3) is 11.0 Å². The van der Waals surface area contributed by atoms with Gasteiger partial charge in [-0.05, 0) is 24.3 Å². The van der Waals surface area contributed by atoms with Crippen molar-refractivity contribution in [1.29, 1.82) is 0 Å². The van der Waals surface area contributed by atoms with Gasteiger partial charge in [0, 0.05) is 26.3 Å². The normalized spacial score (nSPS) is 21.6. The third-order valence-corrected chi connectivity index (χ3v) is 4.36. The van der Waals surface area contributed by atoms with Crippen LogP contribution in [0.3, 0.4) is 0 Å². The largest absolute Gasteiger partial charge is 0.338 e. The van der Waals surface area contributed by atoms with Gasteiger partial charge in [0.25, 0.3) is 11.5 Å². The molecule has 1 aliphatic heterocycles. The molecule has 0 saturated carbocycles. The maximum Gasteiger partial charge on any atom is 0.329 e. The molecule has 1 aliphatic rings. The summed E-state index contributed by atoms with van der Waals surface area (Å²) in [6, 6.07) is 1.52. The van der Waals surface area contributed by atoms with Gasteiger partial charge in [0.2, 0.25) is 0 Å². The Hall–Kier alpha value is -2.44. The Kier molecular flexibility index (Phi) is 3.79. The predicted molar refractivity (Wildman–Crippen MR) is 86.5 cm³/mol. The molecule has 1 N–H and O–H groups in total. The molecule has 2 atom stereocenters. The zero-order valence-corrected chi connectivity index (χ0v) is 13.5. The zero-order valence-electron chi connectivity index (χ0n) is 13.5. The number of likely N-dealkylation sites (tertiary alicyclic amines) is 1. The molecule has 1 fully saturated rings. The fourth-order valence-electron chi connectivity index (χ4n) is 3.36. The standard InChI is InChI=1S/C16H20N4O3/c1-9-4-10(2)8-20(7-9)15(22)11-5-12-13(17-6-11)19(3)16(23)18-14(12)21/h5-6,9-10H,4,7-8H2,1-3H3,(H,18,21,23). The summed E-state index contributed by atoms with van der Waals surface area (Å²) in [6.45, 7) is 5.69. The monoisotopic (exact) mass is 316 g/mol. The van der Waals surface area contributed by atoms with Gasteiger partial charge >= 0.3 is 5.69 Å². The summed E-state index contributed by atoms with van der Waals surface area (Å²) in [5, 5.41) is 0.246. The van der Waals surface area contributed by atoms with Crippen LogP contribution in [-0.2, 0) is 7.05 Å². The highest BCUT2D eigenvalue weighted by Gasteiger charge is 2.26. The SMILES string of the molecule is CC1CC(C)CN(C(=O)c2cnc3c(c2)c(=O)[nH]c(=O)n3C)C1. The van der Waals surface area contributed by atoms with Crippen molar-refractivity contribution in [3.05, 3.63) is 38.7 Å². The number of piperidine rings is 1. The van der Waals surface area contributed by atoms with Gasteiger partial charge in [0.05, 0.1) is 10.9 Å². The molecule has 2 aromatic heterocycles. The van der Waals surface area contributed by atoms with Gasteiger partial charge in [-0.1, -0.05) is 13.8 Å². The molecular formula is C16H20N4O3. The predicted octanol–water partition coefficient (Wildman–Crippen LogP) is 0.740. The van der Waals surface area contributed by atoms with Gasteiger partial charge in [-0.25, -0.2) is 9.78 Å². The lowest BCUT2D eigenvalue weighted by Crippen LogP contribution is -2.42. The summed E-state index contributed by atoms with van der Waals surface area (Å²) in [6.07, 6.45) is 2.55. The number of hydrogen-bond acceptors (Lipinski definition) is 4. The van der Waals surface area contributed by atoms with E-state index in [4.69, 9.17) is 0 Å². The molecule has 0 aromatic carbocycles. The molecule has 122 valence electrons. The highest BCUT2D eigenvalue weighted by molar-refractivity contribution is 5.96. The van der Waals surface area contributed by atoms with E-state index in [1.807, 2.05) is 4.90 Å². The maximum absolute atomic E-state index is 12.7. The van der Waals surface area contributed by atoms with Crippen LogP contribution in [0.1, 0.15) is 30.6 Å². The summed E-state index contributed by atoms with van der Waals surface area (Å²) < 4.78 is 1.26. The van der Waals surface area contributed by atoms with Crippen molar-refractivity contribution in [3.8, 4) is 0 Å². The number of pyridine rings is 1. The lowest BCUT2D eigenvalue weighted by molar-refractivity contribution is 0.0623. The van der Waals surface area contributed by atoms with E-state index in [-0.39, 0.29) is 16.9 Å². The van der Waals surface area contributed by atoms with E-state index in [9.17, 15) is 14.4 Å². The third kappa shape index (κ3) is 2.78. The smallest absolute Gasteiger partial charge is 0.329 e. The molecule has 1 saturated heterocycles. The van der Waals surface area contributed by atoms with Crippen LogP contribution in [0.2, 0.25) is 0 Å². The minimum Gasteiger partial charge on any atom is -0.338 e. The summed E-state index contributed by atoms with van der Waals surface area (Å²) >= 11 is 0. The minimum atomic E-state index is -0.523. The quantitative estimate of drug-likeness (QED) is 0.840. The first-order valence-electron chi connectivity index (χ1n) is 7.75. The summed E-state index contributed by atoms with van der Waals surface area (Å²) in [5.74, 6) is 0.798. The first-order chi connectivity index (χ1) is 10.9. The average molecular weight is 316 g/mol. The number of aryl methyl sites for hydroxylation is 1. The van der Waals surface area contributed by atoms with Crippen LogP contribution >= 0.6 is 0 Å². The summed E-state index contributed by atoms with van der Waals surface area (Å²) in [4.78, 5) is 44.5. The second-order valence-corrected chi connectivity index (χ2v) is 6.57. The molecule has 7 nitrogen and oxygen atoms in total. The van der Waals surface area contributed by atoms with E-state index in [2.05, 4.69) is 23.8 Å². The molecule has 0 radical (unpaired) electrons. The highest BCUT2D eigenvalue weighted by atomic mass is 16.2. The first kappa shape index (κ1) is 15.5. The number of fused-ring (bicyclic) bond motifs is 1. The van der Waals surface area contributed by atoms with E-state index in [1.54, 1.807) is 0 Å². The van der Waals surface area contributed by atoms with Gasteiger partial charge in [0.15, 0.2) is 0 Å². The Bertz CT molecular complexity index is 873. The topological polar surface area (TPSA) is 88.1 Å². The number of carbonyl (C=O) groups is 1. The van der Waals surface area contributed by atoms with Gasteiger partial charge in [-0.3, -0.25) is 19.1 Å². The Morgan fingerprint density at radius 3 is 2.57 bits per heavy atom. The molecule has 0 aliphatic carbocycles. The van der Waals surface area contributed by atoms with E-state index in [1.165, 1.54) is 23.9 Å². The highest BCUT2D eigenvalue weighted by Crippen LogP contribution is 2.22. The molecule has 0 spiro atoms. The second-order valence-electron chi connectivity index (χ2n) is 6.57. The van der Waals surface area contributed by atoms with Crippen molar-refractivity contribution in [2.45, 2.75) is 20.3 Å². The molecule has 1 amide bonds. The fourth-order valence-corrected chi connectivity index (χ4v) is 3.36. The Balaban J connectivity index is 2.02. The van der Waals surface area contributed by atoms with Crippen LogP contribution in [0.4, 0.5) is 0 Å². The number of nitrogens with zero attached hydrogens (tertiary/aromatic N) is 3. The van der Waals surface area contributed by atoms with Gasteiger partial charge in [-0.2, -0.15) is 0 Å². The summed E-state index contributed by atoms with van der Waals surface area (Å²) in [5.41, 5.74) is -0.392. The number of nitrogens with one attached hydrogen (secondary N) is 1. The average Bonchev–Trinajstić information content (AvgIpc) is 2.50. The number of H-pyrrole nitrogens is 1. The number of hydrogen-bond donors (Lipinski definition) is 1. The van der Waals surface area contributed by atoms with E-state index < -0.39 is 11.2 Å². The fraction of sp³-hybridized carbons (Fsp3) is 0.500. The Labute approximate surface area is 133 Å². The molecule has 2 unspecified atom stereocenters. The minimum absolute atomic E-state index is 0.119. The number of rotatable bonds is 1. The number of aromatic nitrogens is 3. The molecule has 0 bridgehead atoms. The van der Waals surface area contributed by atoms with Crippen molar-refractivity contribution in [2.75, 3.05) is 13.1 Å². The van der Waals surface area contributed by atoms with Crippen molar-refractivity contribution in [3.63, 3.8) is 0 Å². The summed E-state index contributed by atoms with van der Waals surface area (Å²) in [7, 11) is 1.53. The molecule has 7 heteroatoms. The second kappa shape index (κ2) is 5.64. The van der Waals surface area contributed by atoms with Crippen LogP contribution in [0.15, 0.2) is 21.9 Å². The number of aromatic amines is 1. The molecule has 3 heterocycles. The van der Waals surface area contributed by atoms with Gasteiger partial charge in [-0.15, -0.1) is 0 Å². The van der Waals surface area contributed by atoms with E-state index in [0.717, 1.165) is 6.42 Å². The molecule has 2 aromatic rings. The van der Waals surface area contributed by atoms with Crippen molar-refractivity contribution in [2.24, 2.45) is 18.9 Å². The molecular weight excluding hydrogens is 296 g/mol. The van der Waals surface area contributed by atoms with Crippen molar-refractivity contribution < 1.29 is 4.79 Å². The van der Waals surface area contributed by atoms with Crippen molar-refractivity contribution >= 4 is 16.9 Å². The Morgan fingerprint density at radius 1 is 1.26 bits per heavy atom. The molecule has 3 rings (SSSR count). The van der Waals surface area contributed by atoms with Crippen LogP contribution in [-0.4, -0.2) is 38.4 Å². The lowest BCUT2D eigenvalue weighted by Gasteiger charge is -2.35. The van der Waals surface area contributed by atoms with E-state index in [0.29, 0.717) is 30.5 Å². The lowest BCUT2D eigenvalue weighted by atomic mass is 9.91. The Morgan fingerprint density at radius 2 is 1.91 bits per heavy atom. The van der Waals surface area contributed by atoms with Gasteiger partial charge in [0.1, 0.15) is 5.65 Å². The zero-order chi connectivity index (χ0) is 16.7. The van der Waals surface area contributed by atoms with Crippen LogP contribution < -0.4 is 11.2 Å². The van der Waals surface area contributed by atoms with Gasteiger partial charge < -0.3 is 4.90 Å². The van der Waals surface area contributed by atoms with Crippen LogP contribution in [0, 0.1) is 11.8 Å². The maximum atomic E-state index is 12.7. The molecule has 23 heavy (non-hydrogen) atoms.